The lowest BCUT2D eigenvalue weighted by atomic mass is 9.96. The van der Waals surface area contributed by atoms with Crippen LogP contribution in [0.15, 0.2) is 41.3 Å². The van der Waals surface area contributed by atoms with Gasteiger partial charge in [0.05, 0.1) is 17.2 Å². The molecule has 5 rings (SSSR count). The Labute approximate surface area is 210 Å². The molecular formula is C24H26F2N2O8S. The number of rotatable bonds is 5. The van der Waals surface area contributed by atoms with Crippen LogP contribution in [0.4, 0.5) is 8.78 Å². The molecule has 0 saturated heterocycles. The Morgan fingerprint density at radius 1 is 1.22 bits per heavy atom. The number of carbonyl (C=O) groups is 1. The molecule has 1 aliphatic heterocycles. The number of pyridine rings is 1. The fourth-order valence-electron chi connectivity index (χ4n) is 4.37. The maximum Gasteiger partial charge on any atom is 0.387 e. The minimum absolute atomic E-state index is 0. The Balaban J connectivity index is 0.000000581. The van der Waals surface area contributed by atoms with E-state index in [0.717, 1.165) is 24.0 Å². The van der Waals surface area contributed by atoms with Gasteiger partial charge in [-0.1, -0.05) is 12.1 Å². The van der Waals surface area contributed by atoms with Crippen LogP contribution in [0, 0.1) is 0 Å². The quantitative estimate of drug-likeness (QED) is 0.415. The van der Waals surface area contributed by atoms with E-state index in [-0.39, 0.29) is 39.8 Å². The summed E-state index contributed by atoms with van der Waals surface area (Å²) in [6.45, 7) is -0.360. The van der Waals surface area contributed by atoms with Gasteiger partial charge in [0.15, 0.2) is 5.75 Å². The molecule has 2 aliphatic rings. The molecule has 1 atom stereocenters. The highest BCUT2D eigenvalue weighted by Gasteiger charge is 2.30. The predicted molar refractivity (Wildman–Crippen MR) is 132 cm³/mol. The van der Waals surface area contributed by atoms with Crippen LogP contribution >= 0.6 is 0 Å². The smallest absolute Gasteiger partial charge is 0.387 e. The van der Waals surface area contributed by atoms with E-state index in [9.17, 15) is 31.9 Å². The van der Waals surface area contributed by atoms with Crippen molar-refractivity contribution in [1.82, 2.24) is 9.88 Å². The Kier molecular flexibility index (Phi) is 8.03. The lowest BCUT2D eigenvalue weighted by Crippen LogP contribution is -2.19. The van der Waals surface area contributed by atoms with Crippen molar-refractivity contribution in [2.75, 3.05) is 6.26 Å². The number of alkyl halides is 2. The second-order valence-electron chi connectivity index (χ2n) is 8.78. The normalized spacial score (nSPS) is 16.5. The molecule has 1 saturated carbocycles. The zero-order valence-corrected chi connectivity index (χ0v) is 20.7. The molecule has 5 N–H and O–H groups in total. The molecule has 13 heteroatoms. The van der Waals surface area contributed by atoms with E-state index in [1.54, 1.807) is 10.6 Å². The van der Waals surface area contributed by atoms with E-state index < -0.39 is 28.1 Å². The highest BCUT2D eigenvalue weighted by Crippen LogP contribution is 2.43. The number of hydrogen-bond acceptors (Lipinski definition) is 6. The Hall–Kier alpha value is -3.39. The lowest BCUT2D eigenvalue weighted by molar-refractivity contribution is -0.0486. The summed E-state index contributed by atoms with van der Waals surface area (Å²) in [5, 5.41) is 12.8. The highest BCUT2D eigenvalue weighted by atomic mass is 32.2. The molecule has 2 aromatic carbocycles. The first-order valence-corrected chi connectivity index (χ1v) is 12.9. The SMILES string of the molecule is CC1NCc2cc(-c3ccc4c(=O)c(C(=O)O)cn(C5CC5)c4c3OC(F)F)ccc21.CS(=O)(=O)O.O. The van der Waals surface area contributed by atoms with Gasteiger partial charge >= 0.3 is 12.6 Å². The summed E-state index contributed by atoms with van der Waals surface area (Å²) in [5.41, 5.74) is 2.49. The molecule has 0 radical (unpaired) electrons. The summed E-state index contributed by atoms with van der Waals surface area (Å²) >= 11 is 0. The average Bonchev–Trinajstić information content (AvgIpc) is 3.55. The molecule has 2 heterocycles. The molecule has 200 valence electrons. The van der Waals surface area contributed by atoms with Gasteiger partial charge in [-0.3, -0.25) is 9.35 Å². The molecule has 37 heavy (non-hydrogen) atoms. The van der Waals surface area contributed by atoms with Gasteiger partial charge in [-0.2, -0.15) is 17.2 Å². The van der Waals surface area contributed by atoms with Crippen LogP contribution in [-0.2, 0) is 16.7 Å². The fraction of sp³-hybridized carbons (Fsp3) is 0.333. The number of hydrogen-bond donors (Lipinski definition) is 3. The van der Waals surface area contributed by atoms with E-state index in [0.29, 0.717) is 23.9 Å². The van der Waals surface area contributed by atoms with Crippen molar-refractivity contribution in [2.24, 2.45) is 0 Å². The monoisotopic (exact) mass is 540 g/mol. The van der Waals surface area contributed by atoms with Gasteiger partial charge in [0, 0.05) is 30.4 Å². The van der Waals surface area contributed by atoms with Gasteiger partial charge in [0.2, 0.25) is 5.43 Å². The Bertz CT molecular complexity index is 1510. The average molecular weight is 541 g/mol. The molecule has 0 amide bonds. The van der Waals surface area contributed by atoms with Crippen LogP contribution < -0.4 is 15.5 Å². The Morgan fingerprint density at radius 2 is 1.86 bits per heavy atom. The van der Waals surface area contributed by atoms with E-state index in [1.165, 1.54) is 12.3 Å². The number of aromatic nitrogens is 1. The van der Waals surface area contributed by atoms with Crippen LogP contribution in [0.25, 0.3) is 22.0 Å². The topological polar surface area (TPSA) is 166 Å². The minimum atomic E-state index is -3.67. The van der Waals surface area contributed by atoms with Gasteiger partial charge in [0.1, 0.15) is 5.56 Å². The maximum atomic E-state index is 13.5. The summed E-state index contributed by atoms with van der Waals surface area (Å²) in [6, 6.07) is 8.98. The van der Waals surface area contributed by atoms with Crippen molar-refractivity contribution in [3.8, 4) is 16.9 Å². The number of benzene rings is 2. The van der Waals surface area contributed by atoms with Crippen LogP contribution in [0.5, 0.6) is 5.75 Å². The second-order valence-corrected chi connectivity index (χ2v) is 10.2. The molecule has 0 bridgehead atoms. The van der Waals surface area contributed by atoms with Gasteiger partial charge in [-0.15, -0.1) is 0 Å². The van der Waals surface area contributed by atoms with Gasteiger partial charge in [-0.05, 0) is 54.7 Å². The maximum absolute atomic E-state index is 13.5. The predicted octanol–water partition coefficient (Wildman–Crippen LogP) is 3.15. The molecule has 10 nitrogen and oxygen atoms in total. The molecule has 1 fully saturated rings. The number of ether oxygens (including phenoxy) is 1. The van der Waals surface area contributed by atoms with Crippen LogP contribution in [0.2, 0.25) is 0 Å². The van der Waals surface area contributed by atoms with Crippen molar-refractivity contribution in [2.45, 2.75) is 45.0 Å². The van der Waals surface area contributed by atoms with E-state index in [2.05, 4.69) is 12.2 Å². The first kappa shape index (κ1) is 28.2. The summed E-state index contributed by atoms with van der Waals surface area (Å²) in [4.78, 5) is 24.4. The largest absolute Gasteiger partial charge is 0.477 e. The third kappa shape index (κ3) is 6.13. The van der Waals surface area contributed by atoms with Crippen LogP contribution in [0.1, 0.15) is 53.3 Å². The molecule has 0 spiro atoms. The van der Waals surface area contributed by atoms with E-state index >= 15 is 0 Å². The van der Waals surface area contributed by atoms with Crippen molar-refractivity contribution in [3.05, 3.63) is 63.4 Å². The molecular weight excluding hydrogens is 514 g/mol. The fourth-order valence-corrected chi connectivity index (χ4v) is 4.37. The van der Waals surface area contributed by atoms with E-state index in [4.69, 9.17) is 9.29 Å². The molecule has 3 aromatic rings. The van der Waals surface area contributed by atoms with Crippen molar-refractivity contribution in [1.29, 1.82) is 0 Å². The summed E-state index contributed by atoms with van der Waals surface area (Å²) in [5.74, 6) is -1.45. The van der Waals surface area contributed by atoms with Crippen molar-refractivity contribution < 1.29 is 41.9 Å². The number of nitrogens with zero attached hydrogens (tertiary/aromatic N) is 1. The number of nitrogens with one attached hydrogen (secondary N) is 1. The first-order chi connectivity index (χ1) is 16.8. The number of carboxylic acids is 1. The number of aromatic carboxylic acids is 1. The summed E-state index contributed by atoms with van der Waals surface area (Å²) in [7, 11) is -3.67. The zero-order valence-electron chi connectivity index (χ0n) is 19.9. The minimum Gasteiger partial charge on any atom is -0.477 e. The van der Waals surface area contributed by atoms with Gasteiger partial charge in [-0.25, -0.2) is 4.79 Å². The Morgan fingerprint density at radius 3 is 2.43 bits per heavy atom. The van der Waals surface area contributed by atoms with Crippen molar-refractivity contribution >= 4 is 27.0 Å². The number of carboxylic acid groups (broad SMARTS) is 1. The summed E-state index contributed by atoms with van der Waals surface area (Å²) < 4.78 is 59.4. The molecule has 1 aliphatic carbocycles. The van der Waals surface area contributed by atoms with E-state index in [1.807, 2.05) is 18.2 Å². The second kappa shape index (κ2) is 10.5. The molecule has 1 unspecified atom stereocenters. The zero-order chi connectivity index (χ0) is 26.4. The highest BCUT2D eigenvalue weighted by molar-refractivity contribution is 7.85. The third-order valence-electron chi connectivity index (χ3n) is 6.04. The standard InChI is InChI=1S/C23H20F2N2O4.CH4O3S.H2O/c1-11-15-5-2-12(8-13(15)9-26-11)16-6-7-17-19(21(16)31-23(24)25)27(14-3-4-14)10-18(20(17)28)22(29)30;1-5(2,3)4;/h2,5-8,10-11,14,23,26H,3-4,9H2,1H3,(H,29,30);1H3,(H,2,3,4);1H2. The first-order valence-electron chi connectivity index (χ1n) is 11.0. The van der Waals surface area contributed by atoms with Gasteiger partial charge in [0.25, 0.3) is 10.1 Å². The van der Waals surface area contributed by atoms with Gasteiger partial charge < -0.3 is 25.2 Å². The molecule has 1 aromatic heterocycles. The van der Waals surface area contributed by atoms with Crippen LogP contribution in [0.3, 0.4) is 0 Å². The lowest BCUT2D eigenvalue weighted by Gasteiger charge is -2.19. The summed E-state index contributed by atoms with van der Waals surface area (Å²) in [6.07, 6.45) is 3.52. The number of halogens is 2. The third-order valence-corrected chi connectivity index (χ3v) is 6.04. The van der Waals surface area contributed by atoms with Crippen molar-refractivity contribution in [3.63, 3.8) is 0 Å². The number of fused-ring (bicyclic) bond motifs is 2. The van der Waals surface area contributed by atoms with Crippen LogP contribution in [-0.4, -0.2) is 47.0 Å².